The van der Waals surface area contributed by atoms with Crippen molar-refractivity contribution < 1.29 is 22.1 Å². The van der Waals surface area contributed by atoms with Gasteiger partial charge in [-0.1, -0.05) is 41.2 Å². The largest absolute Gasteiger partial charge is 0.416 e. The number of hydrogen-bond donors (Lipinski definition) is 0. The maximum absolute atomic E-state index is 14.0. The van der Waals surface area contributed by atoms with E-state index in [1.165, 1.54) is 36.3 Å². The smallest absolute Gasteiger partial charge is 0.339 e. The van der Waals surface area contributed by atoms with Gasteiger partial charge in [-0.25, -0.2) is 4.39 Å². The van der Waals surface area contributed by atoms with Crippen molar-refractivity contribution in [2.75, 3.05) is 5.75 Å². The molecule has 0 aliphatic heterocycles. The summed E-state index contributed by atoms with van der Waals surface area (Å²) in [6.07, 6.45) is -1.92. The number of halogens is 4. The lowest BCUT2D eigenvalue weighted by Gasteiger charge is -2.06. The van der Waals surface area contributed by atoms with E-state index in [9.17, 15) is 17.6 Å². The molecule has 6 nitrogen and oxygen atoms in total. The highest BCUT2D eigenvalue weighted by Gasteiger charge is 2.30. The summed E-state index contributed by atoms with van der Waals surface area (Å²) in [5.41, 5.74) is -0.179. The lowest BCUT2D eigenvalue weighted by molar-refractivity contribution is -0.137. The van der Waals surface area contributed by atoms with Crippen molar-refractivity contribution in [1.29, 1.82) is 0 Å². The van der Waals surface area contributed by atoms with Crippen molar-refractivity contribution >= 4 is 11.8 Å². The predicted molar refractivity (Wildman–Crippen MR) is 105 cm³/mol. The summed E-state index contributed by atoms with van der Waals surface area (Å²) in [5.74, 6) is 0.669. The Bertz CT molecular complexity index is 1170. The zero-order valence-electron chi connectivity index (χ0n) is 15.9. The van der Waals surface area contributed by atoms with Crippen LogP contribution in [0.5, 0.6) is 0 Å². The highest BCUT2D eigenvalue weighted by atomic mass is 32.2. The van der Waals surface area contributed by atoms with Crippen molar-refractivity contribution in [3.8, 4) is 17.1 Å². The average Bonchev–Trinajstić information content (AvgIpc) is 3.41. The molecule has 11 heteroatoms. The first-order valence-corrected chi connectivity index (χ1v) is 10.2. The highest BCUT2D eigenvalue weighted by Crippen LogP contribution is 2.31. The first kappa shape index (κ1) is 21.0. The molecule has 0 aliphatic rings. The van der Waals surface area contributed by atoms with Crippen molar-refractivity contribution in [3.05, 3.63) is 72.1 Å². The fourth-order valence-corrected chi connectivity index (χ4v) is 3.69. The van der Waals surface area contributed by atoms with Crippen LogP contribution in [0, 0.1) is 5.82 Å². The number of rotatable bonds is 7. The topological polar surface area (TPSA) is 69.6 Å². The zero-order valence-corrected chi connectivity index (χ0v) is 16.7. The van der Waals surface area contributed by atoms with E-state index in [2.05, 4.69) is 20.3 Å². The Balaban J connectivity index is 1.35. The number of nitrogens with zero attached hydrogens (tertiary/aromatic N) is 5. The van der Waals surface area contributed by atoms with Gasteiger partial charge in [0.15, 0.2) is 5.16 Å². The van der Waals surface area contributed by atoms with Gasteiger partial charge < -0.3 is 4.52 Å². The van der Waals surface area contributed by atoms with Gasteiger partial charge in [0.25, 0.3) is 0 Å². The molecule has 0 bridgehead atoms. The molecule has 31 heavy (non-hydrogen) atoms. The average molecular weight is 449 g/mol. The molecule has 0 atom stereocenters. The van der Waals surface area contributed by atoms with Crippen LogP contribution in [0.2, 0.25) is 0 Å². The molecule has 0 fully saturated rings. The van der Waals surface area contributed by atoms with Gasteiger partial charge >= 0.3 is 6.18 Å². The van der Waals surface area contributed by atoms with Crippen LogP contribution in [0.3, 0.4) is 0 Å². The Morgan fingerprint density at radius 1 is 1.06 bits per heavy atom. The summed E-state index contributed by atoms with van der Waals surface area (Å²) in [4.78, 5) is 4.18. The summed E-state index contributed by atoms with van der Waals surface area (Å²) in [6, 6.07) is 11.1. The number of alkyl halides is 3. The maximum Gasteiger partial charge on any atom is 0.416 e. The third-order valence-corrected chi connectivity index (χ3v) is 5.34. The molecule has 2 aromatic carbocycles. The van der Waals surface area contributed by atoms with Crippen LogP contribution in [0.4, 0.5) is 17.6 Å². The highest BCUT2D eigenvalue weighted by molar-refractivity contribution is 7.99. The standard InChI is InChI=1S/C20H15F4N5OS/c21-15-7-1-2-8-16(15)29-12-25-27-19(29)31-10-4-9-17-26-18(28-30-17)13-5-3-6-14(11-13)20(22,23)24/h1-3,5-8,11-12H,4,9-10H2. The van der Waals surface area contributed by atoms with E-state index in [-0.39, 0.29) is 17.2 Å². The molecule has 160 valence electrons. The summed E-state index contributed by atoms with van der Waals surface area (Å²) >= 11 is 1.39. The van der Waals surface area contributed by atoms with Gasteiger partial charge in [0.2, 0.25) is 11.7 Å². The van der Waals surface area contributed by atoms with Gasteiger partial charge in [-0.3, -0.25) is 4.57 Å². The van der Waals surface area contributed by atoms with Crippen LogP contribution in [0.15, 0.2) is 64.5 Å². The number of hydrogen-bond acceptors (Lipinski definition) is 6. The van der Waals surface area contributed by atoms with E-state index >= 15 is 0 Å². The molecule has 4 rings (SSSR count). The molecular weight excluding hydrogens is 434 g/mol. The second-order valence-corrected chi connectivity index (χ2v) is 7.54. The Hall–Kier alpha value is -3.21. The molecule has 0 saturated carbocycles. The van der Waals surface area contributed by atoms with Crippen LogP contribution in [-0.4, -0.2) is 30.7 Å². The molecule has 0 radical (unpaired) electrons. The van der Waals surface area contributed by atoms with E-state index in [0.717, 1.165) is 12.1 Å². The number of aryl methyl sites for hydroxylation is 1. The SMILES string of the molecule is Fc1ccccc1-n1cnnc1SCCCc1nc(-c2cccc(C(F)(F)F)c2)no1. The van der Waals surface area contributed by atoms with Gasteiger partial charge in [-0.15, -0.1) is 10.2 Å². The number of benzene rings is 2. The van der Waals surface area contributed by atoms with Gasteiger partial charge in [-0.05, 0) is 30.7 Å². The molecule has 0 saturated heterocycles. The normalized spacial score (nSPS) is 11.7. The molecule has 0 N–H and O–H groups in total. The molecule has 0 unspecified atom stereocenters. The van der Waals surface area contributed by atoms with Gasteiger partial charge in [0.1, 0.15) is 12.1 Å². The Kier molecular flexibility index (Phi) is 6.03. The van der Waals surface area contributed by atoms with E-state index in [1.807, 2.05) is 0 Å². The fourth-order valence-electron chi connectivity index (χ4n) is 2.83. The van der Waals surface area contributed by atoms with E-state index < -0.39 is 11.7 Å². The van der Waals surface area contributed by atoms with Crippen molar-refractivity contribution in [1.82, 2.24) is 24.9 Å². The molecule has 0 amide bonds. The molecular formula is C20H15F4N5OS. The summed E-state index contributed by atoms with van der Waals surface area (Å²) < 4.78 is 59.3. The van der Waals surface area contributed by atoms with Crippen LogP contribution < -0.4 is 0 Å². The monoisotopic (exact) mass is 449 g/mol. The summed E-state index contributed by atoms with van der Waals surface area (Å²) in [7, 11) is 0. The lowest BCUT2D eigenvalue weighted by Crippen LogP contribution is -2.04. The third kappa shape index (κ3) is 4.93. The third-order valence-electron chi connectivity index (χ3n) is 4.31. The predicted octanol–water partition coefficient (Wildman–Crippen LogP) is 5.20. The van der Waals surface area contributed by atoms with Crippen molar-refractivity contribution in [3.63, 3.8) is 0 Å². The van der Waals surface area contributed by atoms with Crippen LogP contribution in [-0.2, 0) is 12.6 Å². The first-order chi connectivity index (χ1) is 14.9. The molecule has 2 aromatic heterocycles. The summed E-state index contributed by atoms with van der Waals surface area (Å²) in [5, 5.41) is 12.2. The second-order valence-electron chi connectivity index (χ2n) is 6.48. The number of para-hydroxylation sites is 1. The van der Waals surface area contributed by atoms with Crippen molar-refractivity contribution in [2.24, 2.45) is 0 Å². The minimum absolute atomic E-state index is 0.105. The second kappa shape index (κ2) is 8.88. The molecule has 2 heterocycles. The van der Waals surface area contributed by atoms with E-state index in [0.29, 0.717) is 35.3 Å². The van der Waals surface area contributed by atoms with Gasteiger partial charge in [-0.2, -0.15) is 18.2 Å². The van der Waals surface area contributed by atoms with Gasteiger partial charge in [0.05, 0.1) is 11.3 Å². The zero-order chi connectivity index (χ0) is 21.8. The Labute approximate surface area is 178 Å². The van der Waals surface area contributed by atoms with Crippen molar-refractivity contribution in [2.45, 2.75) is 24.2 Å². The van der Waals surface area contributed by atoms with Gasteiger partial charge in [0, 0.05) is 17.7 Å². The van der Waals surface area contributed by atoms with Crippen LogP contribution in [0.25, 0.3) is 17.1 Å². The minimum Gasteiger partial charge on any atom is -0.339 e. The fraction of sp³-hybridized carbons (Fsp3) is 0.200. The number of aromatic nitrogens is 5. The quantitative estimate of drug-likeness (QED) is 0.219. The first-order valence-electron chi connectivity index (χ1n) is 9.20. The maximum atomic E-state index is 14.0. The Morgan fingerprint density at radius 2 is 1.90 bits per heavy atom. The molecule has 4 aromatic rings. The van der Waals surface area contributed by atoms with Crippen LogP contribution in [0.1, 0.15) is 17.9 Å². The lowest BCUT2D eigenvalue weighted by atomic mass is 10.1. The van der Waals surface area contributed by atoms with E-state index in [4.69, 9.17) is 4.52 Å². The minimum atomic E-state index is -4.44. The Morgan fingerprint density at radius 3 is 2.71 bits per heavy atom. The van der Waals surface area contributed by atoms with E-state index in [1.54, 1.807) is 22.8 Å². The molecule has 0 aliphatic carbocycles. The molecule has 0 spiro atoms. The number of thioether (sulfide) groups is 1. The summed E-state index contributed by atoms with van der Waals surface area (Å²) in [6.45, 7) is 0. The van der Waals surface area contributed by atoms with Crippen LogP contribution >= 0.6 is 11.8 Å².